The van der Waals surface area contributed by atoms with Crippen molar-refractivity contribution >= 4 is 18.0 Å². The van der Waals surface area contributed by atoms with E-state index in [9.17, 15) is 9.59 Å². The van der Waals surface area contributed by atoms with Crippen LogP contribution < -0.4 is 0 Å². The van der Waals surface area contributed by atoms with Gasteiger partial charge < -0.3 is 9.47 Å². The summed E-state index contributed by atoms with van der Waals surface area (Å²) in [4.78, 5) is 24.3. The molecule has 1 fully saturated rings. The van der Waals surface area contributed by atoms with Gasteiger partial charge in [-0.1, -0.05) is 48.9 Å². The summed E-state index contributed by atoms with van der Waals surface area (Å²) in [5.41, 5.74) is 0.922. The van der Waals surface area contributed by atoms with E-state index in [1.807, 2.05) is 43.3 Å². The van der Waals surface area contributed by atoms with Crippen molar-refractivity contribution in [1.82, 2.24) is 0 Å². The molecular weight excluding hydrogens is 268 g/mol. The maximum Gasteiger partial charge on any atom is 0.323 e. The van der Waals surface area contributed by atoms with Crippen LogP contribution in [0.3, 0.4) is 0 Å². The van der Waals surface area contributed by atoms with E-state index >= 15 is 0 Å². The summed E-state index contributed by atoms with van der Waals surface area (Å²) in [5, 5.41) is 0. The van der Waals surface area contributed by atoms with Gasteiger partial charge in [-0.25, -0.2) is 0 Å². The van der Waals surface area contributed by atoms with Gasteiger partial charge in [-0.2, -0.15) is 0 Å². The predicted octanol–water partition coefficient (Wildman–Crippen LogP) is 2.83. The quantitative estimate of drug-likeness (QED) is 0.634. The first-order valence-corrected chi connectivity index (χ1v) is 6.96. The predicted molar refractivity (Wildman–Crippen MR) is 79.3 cm³/mol. The van der Waals surface area contributed by atoms with Crippen LogP contribution in [0.25, 0.3) is 6.08 Å². The minimum atomic E-state index is -1.20. The van der Waals surface area contributed by atoms with Crippen LogP contribution in [0.5, 0.6) is 0 Å². The van der Waals surface area contributed by atoms with Gasteiger partial charge in [0.15, 0.2) is 5.41 Å². The Morgan fingerprint density at radius 3 is 2.24 bits per heavy atom. The number of methoxy groups -OCH3 is 2. The lowest BCUT2D eigenvalue weighted by atomic mass is 9.85. The summed E-state index contributed by atoms with van der Waals surface area (Å²) in [6.07, 6.45) is 2.81. The molecule has 0 aliphatic heterocycles. The van der Waals surface area contributed by atoms with E-state index in [2.05, 4.69) is 0 Å². The topological polar surface area (TPSA) is 52.6 Å². The SMILES string of the molecule is COC(=O)C1(C(=O)OC)C/C(=C\c2ccccc2)C(C)C1. The van der Waals surface area contributed by atoms with E-state index in [1.54, 1.807) is 0 Å². The van der Waals surface area contributed by atoms with Crippen LogP contribution in [0.4, 0.5) is 0 Å². The molecule has 1 atom stereocenters. The smallest absolute Gasteiger partial charge is 0.323 e. The van der Waals surface area contributed by atoms with Gasteiger partial charge in [0.25, 0.3) is 0 Å². The Morgan fingerprint density at radius 2 is 1.71 bits per heavy atom. The van der Waals surface area contributed by atoms with E-state index in [4.69, 9.17) is 9.47 Å². The largest absolute Gasteiger partial charge is 0.468 e. The summed E-state index contributed by atoms with van der Waals surface area (Å²) in [6.45, 7) is 2.02. The molecule has 1 aromatic rings. The van der Waals surface area contributed by atoms with Gasteiger partial charge in [0.2, 0.25) is 0 Å². The number of esters is 2. The number of allylic oxidation sites excluding steroid dienone is 1. The molecule has 1 aromatic carbocycles. The van der Waals surface area contributed by atoms with E-state index in [-0.39, 0.29) is 5.92 Å². The molecule has 0 N–H and O–H groups in total. The second kappa shape index (κ2) is 6.12. The van der Waals surface area contributed by atoms with Gasteiger partial charge >= 0.3 is 11.9 Å². The minimum absolute atomic E-state index is 0.128. The fourth-order valence-corrected chi connectivity index (χ4v) is 2.99. The molecule has 0 heterocycles. The Hall–Kier alpha value is -2.10. The summed E-state index contributed by atoms with van der Waals surface area (Å²) in [5.74, 6) is -0.904. The maximum absolute atomic E-state index is 12.1. The molecular formula is C17H20O4. The zero-order valence-electron chi connectivity index (χ0n) is 12.6. The molecule has 2 rings (SSSR count). The average molecular weight is 288 g/mol. The van der Waals surface area contributed by atoms with Crippen LogP contribution in [0.2, 0.25) is 0 Å². The highest BCUT2D eigenvalue weighted by Gasteiger charge is 2.54. The van der Waals surface area contributed by atoms with Gasteiger partial charge in [-0.05, 0) is 24.3 Å². The van der Waals surface area contributed by atoms with E-state index in [0.29, 0.717) is 12.8 Å². The fraction of sp³-hybridized carbons (Fsp3) is 0.412. The van der Waals surface area contributed by atoms with Crippen molar-refractivity contribution in [1.29, 1.82) is 0 Å². The normalized spacial score (nSPS) is 22.0. The molecule has 1 saturated carbocycles. The van der Waals surface area contributed by atoms with Crippen LogP contribution >= 0.6 is 0 Å². The number of benzene rings is 1. The van der Waals surface area contributed by atoms with Crippen LogP contribution in [-0.4, -0.2) is 26.2 Å². The number of carbonyl (C=O) groups is 2. The third-order valence-electron chi connectivity index (χ3n) is 4.10. The number of rotatable bonds is 3. The van der Waals surface area contributed by atoms with Gasteiger partial charge in [-0.15, -0.1) is 0 Å². The van der Waals surface area contributed by atoms with Crippen molar-refractivity contribution in [2.75, 3.05) is 14.2 Å². The zero-order chi connectivity index (χ0) is 15.5. The summed E-state index contributed by atoms with van der Waals surface area (Å²) >= 11 is 0. The Balaban J connectivity index is 2.35. The standard InChI is InChI=1S/C17H20O4/c1-12-10-17(15(18)20-2,16(19)21-3)11-14(12)9-13-7-5-4-6-8-13/h4-9,12H,10-11H2,1-3H3/b14-9+. The Kier molecular flexibility index (Phi) is 4.46. The van der Waals surface area contributed by atoms with Crippen molar-refractivity contribution < 1.29 is 19.1 Å². The first kappa shape index (κ1) is 15.3. The lowest BCUT2D eigenvalue weighted by molar-refractivity contribution is -0.168. The molecule has 0 aromatic heterocycles. The number of hydrogen-bond donors (Lipinski definition) is 0. The molecule has 0 spiro atoms. The molecule has 1 aliphatic carbocycles. The average Bonchev–Trinajstić information content (AvgIpc) is 2.84. The summed E-state index contributed by atoms with van der Waals surface area (Å²) < 4.78 is 9.68. The van der Waals surface area contributed by atoms with Crippen molar-refractivity contribution in [3.8, 4) is 0 Å². The fourth-order valence-electron chi connectivity index (χ4n) is 2.99. The van der Waals surface area contributed by atoms with Crippen molar-refractivity contribution in [3.63, 3.8) is 0 Å². The molecule has 112 valence electrons. The first-order chi connectivity index (χ1) is 10.0. The minimum Gasteiger partial charge on any atom is -0.468 e. The van der Waals surface area contributed by atoms with Crippen LogP contribution in [0.15, 0.2) is 35.9 Å². The second-order valence-electron chi connectivity index (χ2n) is 5.48. The Morgan fingerprint density at radius 1 is 1.14 bits per heavy atom. The van der Waals surface area contributed by atoms with Gasteiger partial charge in [0, 0.05) is 0 Å². The van der Waals surface area contributed by atoms with E-state index in [0.717, 1.165) is 11.1 Å². The molecule has 4 heteroatoms. The van der Waals surface area contributed by atoms with Gasteiger partial charge in [-0.3, -0.25) is 9.59 Å². The van der Waals surface area contributed by atoms with Crippen molar-refractivity contribution in [2.24, 2.45) is 11.3 Å². The lowest BCUT2D eigenvalue weighted by Crippen LogP contribution is -2.39. The van der Waals surface area contributed by atoms with Gasteiger partial charge in [0.05, 0.1) is 14.2 Å². The molecule has 1 unspecified atom stereocenters. The molecule has 0 amide bonds. The van der Waals surface area contributed by atoms with Gasteiger partial charge in [0.1, 0.15) is 0 Å². The lowest BCUT2D eigenvalue weighted by Gasteiger charge is -2.22. The van der Waals surface area contributed by atoms with E-state index < -0.39 is 17.4 Å². The molecule has 21 heavy (non-hydrogen) atoms. The number of ether oxygens (including phenoxy) is 2. The maximum atomic E-state index is 12.1. The number of hydrogen-bond acceptors (Lipinski definition) is 4. The molecule has 1 aliphatic rings. The van der Waals surface area contributed by atoms with Crippen LogP contribution in [-0.2, 0) is 19.1 Å². The van der Waals surface area contributed by atoms with Crippen molar-refractivity contribution in [3.05, 3.63) is 41.5 Å². The third-order valence-corrected chi connectivity index (χ3v) is 4.10. The second-order valence-corrected chi connectivity index (χ2v) is 5.48. The highest BCUT2D eigenvalue weighted by Crippen LogP contribution is 2.47. The molecule has 4 nitrogen and oxygen atoms in total. The van der Waals surface area contributed by atoms with Crippen LogP contribution in [0.1, 0.15) is 25.3 Å². The first-order valence-electron chi connectivity index (χ1n) is 6.96. The van der Waals surface area contributed by atoms with E-state index in [1.165, 1.54) is 14.2 Å². The number of carbonyl (C=O) groups excluding carboxylic acids is 2. The Bertz CT molecular complexity index is 543. The molecule has 0 bridgehead atoms. The third kappa shape index (κ3) is 2.84. The van der Waals surface area contributed by atoms with Crippen molar-refractivity contribution in [2.45, 2.75) is 19.8 Å². The van der Waals surface area contributed by atoms with Crippen LogP contribution in [0, 0.1) is 11.3 Å². The molecule has 0 saturated heterocycles. The summed E-state index contributed by atoms with van der Waals surface area (Å²) in [6, 6.07) is 9.86. The monoisotopic (exact) mass is 288 g/mol. The Labute approximate surface area is 124 Å². The highest BCUT2D eigenvalue weighted by atomic mass is 16.5. The summed E-state index contributed by atoms with van der Waals surface area (Å²) in [7, 11) is 2.60. The highest BCUT2D eigenvalue weighted by molar-refractivity contribution is 6.01. The molecule has 0 radical (unpaired) electrons. The zero-order valence-corrected chi connectivity index (χ0v) is 12.6.